The highest BCUT2D eigenvalue weighted by molar-refractivity contribution is 5.92. The highest BCUT2D eigenvalue weighted by Gasteiger charge is 2.32. The minimum absolute atomic E-state index is 0.139. The van der Waals surface area contributed by atoms with E-state index in [9.17, 15) is 4.79 Å². The molecule has 0 atom stereocenters. The first-order chi connectivity index (χ1) is 13.9. The Hall–Kier alpha value is -2.17. The van der Waals surface area contributed by atoms with Gasteiger partial charge in [0.1, 0.15) is 5.82 Å². The fourth-order valence-corrected chi connectivity index (χ4v) is 4.87. The van der Waals surface area contributed by atoms with Gasteiger partial charge in [0.15, 0.2) is 5.82 Å². The van der Waals surface area contributed by atoms with Crippen molar-refractivity contribution in [1.29, 1.82) is 0 Å². The standard InChI is InChI=1S/C24H34N4O/c1-24(2,3)19-12-8-18(9-13-19)23(29)25-20-14-10-17(11-15-20)22-27-26-21-7-5-4-6-16-28(21)22/h10-11,14-15,18-19H,4-9,12-13,16H2,1-3H3,(H,25,29). The Labute approximate surface area is 174 Å². The molecule has 29 heavy (non-hydrogen) atoms. The SMILES string of the molecule is CC(C)(C)C1CCC(C(=O)Nc2ccc(-c3nnc4n3CCCCC4)cc2)CC1. The molecule has 1 aromatic heterocycles. The second-order valence-electron chi connectivity index (χ2n) is 9.88. The van der Waals surface area contributed by atoms with Crippen molar-refractivity contribution in [3.05, 3.63) is 30.1 Å². The average Bonchev–Trinajstić information content (AvgIpc) is 2.96. The van der Waals surface area contributed by atoms with Crippen LogP contribution in [0.5, 0.6) is 0 Å². The fourth-order valence-electron chi connectivity index (χ4n) is 4.87. The van der Waals surface area contributed by atoms with Gasteiger partial charge in [0.25, 0.3) is 0 Å². The number of aromatic nitrogens is 3. The fraction of sp³-hybridized carbons (Fsp3) is 0.625. The van der Waals surface area contributed by atoms with Crippen molar-refractivity contribution >= 4 is 11.6 Å². The molecule has 1 amide bonds. The van der Waals surface area contributed by atoms with Gasteiger partial charge in [-0.1, -0.05) is 27.2 Å². The molecule has 0 bridgehead atoms. The highest BCUT2D eigenvalue weighted by atomic mass is 16.1. The molecule has 1 aromatic carbocycles. The lowest BCUT2D eigenvalue weighted by Gasteiger charge is -2.36. The van der Waals surface area contributed by atoms with E-state index in [2.05, 4.69) is 40.9 Å². The van der Waals surface area contributed by atoms with Crippen LogP contribution in [0.4, 0.5) is 5.69 Å². The summed E-state index contributed by atoms with van der Waals surface area (Å²) in [4.78, 5) is 12.7. The lowest BCUT2D eigenvalue weighted by molar-refractivity contribution is -0.121. The lowest BCUT2D eigenvalue weighted by Crippen LogP contribution is -2.31. The first-order valence-corrected chi connectivity index (χ1v) is 11.3. The number of aryl methyl sites for hydroxylation is 1. The molecule has 2 aromatic rings. The molecule has 4 rings (SSSR count). The quantitative estimate of drug-likeness (QED) is 0.752. The first kappa shape index (κ1) is 20.1. The topological polar surface area (TPSA) is 59.8 Å². The van der Waals surface area contributed by atoms with E-state index >= 15 is 0 Å². The number of hydrogen-bond donors (Lipinski definition) is 1. The summed E-state index contributed by atoms with van der Waals surface area (Å²) >= 11 is 0. The van der Waals surface area contributed by atoms with Crippen molar-refractivity contribution in [3.63, 3.8) is 0 Å². The number of amides is 1. The molecule has 1 N–H and O–H groups in total. The number of benzene rings is 1. The summed E-state index contributed by atoms with van der Waals surface area (Å²) in [6, 6.07) is 8.08. The van der Waals surface area contributed by atoms with Crippen LogP contribution >= 0.6 is 0 Å². The number of nitrogens with one attached hydrogen (secondary N) is 1. The third-order valence-electron chi connectivity index (χ3n) is 6.84. The molecule has 1 saturated carbocycles. The number of carbonyl (C=O) groups is 1. The van der Waals surface area contributed by atoms with Crippen LogP contribution in [0, 0.1) is 17.3 Å². The van der Waals surface area contributed by atoms with Crippen molar-refractivity contribution in [2.45, 2.75) is 78.7 Å². The second kappa shape index (κ2) is 8.29. The summed E-state index contributed by atoms with van der Waals surface area (Å²) in [5.74, 6) is 3.08. The summed E-state index contributed by atoms with van der Waals surface area (Å²) < 4.78 is 2.26. The number of hydrogen-bond acceptors (Lipinski definition) is 3. The molecule has 0 spiro atoms. The van der Waals surface area contributed by atoms with Gasteiger partial charge in [-0.3, -0.25) is 4.79 Å². The molecule has 0 unspecified atom stereocenters. The van der Waals surface area contributed by atoms with Crippen molar-refractivity contribution < 1.29 is 4.79 Å². The van der Waals surface area contributed by atoms with E-state index in [1.54, 1.807) is 0 Å². The van der Waals surface area contributed by atoms with Crippen molar-refractivity contribution in [2.75, 3.05) is 5.32 Å². The minimum Gasteiger partial charge on any atom is -0.326 e. The molecular formula is C24H34N4O. The third kappa shape index (κ3) is 4.54. The third-order valence-corrected chi connectivity index (χ3v) is 6.84. The maximum Gasteiger partial charge on any atom is 0.227 e. The molecule has 5 heteroatoms. The zero-order chi connectivity index (χ0) is 20.4. The van der Waals surface area contributed by atoms with E-state index in [4.69, 9.17) is 0 Å². The van der Waals surface area contributed by atoms with Gasteiger partial charge in [-0.15, -0.1) is 10.2 Å². The molecule has 1 aliphatic heterocycles. The van der Waals surface area contributed by atoms with E-state index < -0.39 is 0 Å². The van der Waals surface area contributed by atoms with Crippen molar-refractivity contribution in [3.8, 4) is 11.4 Å². The van der Waals surface area contributed by atoms with Gasteiger partial charge in [-0.2, -0.15) is 0 Å². The van der Waals surface area contributed by atoms with Crippen LogP contribution in [0.25, 0.3) is 11.4 Å². The van der Waals surface area contributed by atoms with Crippen LogP contribution in [-0.2, 0) is 17.8 Å². The van der Waals surface area contributed by atoms with Crippen LogP contribution in [0.2, 0.25) is 0 Å². The number of fused-ring (bicyclic) bond motifs is 1. The van der Waals surface area contributed by atoms with E-state index in [-0.39, 0.29) is 11.8 Å². The first-order valence-electron chi connectivity index (χ1n) is 11.3. The van der Waals surface area contributed by atoms with Gasteiger partial charge in [0.2, 0.25) is 5.91 Å². The predicted molar refractivity (Wildman–Crippen MR) is 117 cm³/mol. The molecule has 1 aliphatic carbocycles. The molecule has 2 heterocycles. The average molecular weight is 395 g/mol. The number of anilines is 1. The summed E-state index contributed by atoms with van der Waals surface area (Å²) in [5, 5.41) is 11.9. The molecule has 0 saturated heterocycles. The monoisotopic (exact) mass is 394 g/mol. The number of rotatable bonds is 3. The van der Waals surface area contributed by atoms with Gasteiger partial charge in [0.05, 0.1) is 0 Å². The summed E-state index contributed by atoms with van der Waals surface area (Å²) in [5.41, 5.74) is 2.28. The number of nitrogens with zero attached hydrogens (tertiary/aromatic N) is 3. The van der Waals surface area contributed by atoms with E-state index in [0.717, 1.165) is 67.5 Å². The van der Waals surface area contributed by atoms with Crippen LogP contribution in [0.15, 0.2) is 24.3 Å². The van der Waals surface area contributed by atoms with Gasteiger partial charge >= 0.3 is 0 Å². The Morgan fingerprint density at radius 1 is 1.00 bits per heavy atom. The van der Waals surface area contributed by atoms with Gasteiger partial charge in [0, 0.05) is 30.1 Å². The zero-order valence-corrected chi connectivity index (χ0v) is 18.1. The van der Waals surface area contributed by atoms with Crippen LogP contribution in [0.3, 0.4) is 0 Å². The van der Waals surface area contributed by atoms with Gasteiger partial charge < -0.3 is 9.88 Å². The largest absolute Gasteiger partial charge is 0.326 e. The zero-order valence-electron chi connectivity index (χ0n) is 18.1. The molecule has 156 valence electrons. The summed E-state index contributed by atoms with van der Waals surface area (Å²) in [6.07, 6.45) is 8.95. The van der Waals surface area contributed by atoms with E-state index in [1.807, 2.05) is 24.3 Å². The lowest BCUT2D eigenvalue weighted by atomic mass is 9.69. The Morgan fingerprint density at radius 2 is 1.72 bits per heavy atom. The number of carbonyl (C=O) groups excluding carboxylic acids is 1. The van der Waals surface area contributed by atoms with E-state index in [0.29, 0.717) is 5.41 Å². The molecule has 0 radical (unpaired) electrons. The van der Waals surface area contributed by atoms with Gasteiger partial charge in [-0.25, -0.2) is 0 Å². The Balaban J connectivity index is 1.38. The van der Waals surface area contributed by atoms with Crippen molar-refractivity contribution in [1.82, 2.24) is 14.8 Å². The Bertz CT molecular complexity index is 839. The minimum atomic E-state index is 0.139. The molecule has 2 aliphatic rings. The Morgan fingerprint density at radius 3 is 2.41 bits per heavy atom. The summed E-state index contributed by atoms with van der Waals surface area (Å²) in [7, 11) is 0. The van der Waals surface area contributed by atoms with Gasteiger partial charge in [-0.05, 0) is 74.1 Å². The van der Waals surface area contributed by atoms with Crippen LogP contribution in [-0.4, -0.2) is 20.7 Å². The molecule has 5 nitrogen and oxygen atoms in total. The smallest absolute Gasteiger partial charge is 0.227 e. The predicted octanol–water partition coefficient (Wildman–Crippen LogP) is 5.46. The second-order valence-corrected chi connectivity index (χ2v) is 9.88. The van der Waals surface area contributed by atoms with Crippen LogP contribution < -0.4 is 5.32 Å². The maximum atomic E-state index is 12.7. The van der Waals surface area contributed by atoms with E-state index in [1.165, 1.54) is 19.3 Å². The summed E-state index contributed by atoms with van der Waals surface area (Å²) in [6.45, 7) is 7.93. The Kier molecular flexibility index (Phi) is 5.75. The maximum absolute atomic E-state index is 12.7. The normalized spacial score (nSPS) is 22.6. The van der Waals surface area contributed by atoms with Crippen LogP contribution in [0.1, 0.15) is 71.5 Å². The molecular weight excluding hydrogens is 360 g/mol. The highest BCUT2D eigenvalue weighted by Crippen LogP contribution is 2.40. The molecule has 1 fully saturated rings. The van der Waals surface area contributed by atoms with Crippen molar-refractivity contribution in [2.24, 2.45) is 17.3 Å².